The Hall–Kier alpha value is -1.73. The SMILES string of the molecule is C=CCCC(NC(=O)c1sc(COC)nc1C)C(=O)O. The van der Waals surface area contributed by atoms with E-state index in [-0.39, 0.29) is 0 Å². The third kappa shape index (κ3) is 4.43. The van der Waals surface area contributed by atoms with Gasteiger partial charge in [-0.3, -0.25) is 4.79 Å². The molecule has 20 heavy (non-hydrogen) atoms. The van der Waals surface area contributed by atoms with Crippen LogP contribution < -0.4 is 5.32 Å². The summed E-state index contributed by atoms with van der Waals surface area (Å²) in [6.45, 7) is 5.58. The molecule has 0 aliphatic heterocycles. The first-order valence-electron chi connectivity index (χ1n) is 6.09. The zero-order valence-corrected chi connectivity index (χ0v) is 12.3. The van der Waals surface area contributed by atoms with Gasteiger partial charge in [0.2, 0.25) is 0 Å². The van der Waals surface area contributed by atoms with Crippen molar-refractivity contribution >= 4 is 23.2 Å². The molecule has 0 aliphatic carbocycles. The van der Waals surface area contributed by atoms with Gasteiger partial charge in [-0.05, 0) is 19.8 Å². The lowest BCUT2D eigenvalue weighted by atomic mass is 10.1. The summed E-state index contributed by atoms with van der Waals surface area (Å²) >= 11 is 1.21. The average Bonchev–Trinajstić information content (AvgIpc) is 2.75. The molecule has 0 saturated heterocycles. The number of carbonyl (C=O) groups excluding carboxylic acids is 1. The minimum Gasteiger partial charge on any atom is -0.480 e. The van der Waals surface area contributed by atoms with Crippen molar-refractivity contribution in [2.75, 3.05) is 7.11 Å². The Morgan fingerprint density at radius 1 is 1.60 bits per heavy atom. The zero-order valence-electron chi connectivity index (χ0n) is 11.5. The summed E-state index contributed by atoms with van der Waals surface area (Å²) in [7, 11) is 1.55. The Kier molecular flexibility index (Phi) is 6.33. The summed E-state index contributed by atoms with van der Waals surface area (Å²) in [5, 5.41) is 12.3. The van der Waals surface area contributed by atoms with E-state index in [0.29, 0.717) is 35.0 Å². The molecule has 1 rings (SSSR count). The number of aromatic nitrogens is 1. The van der Waals surface area contributed by atoms with E-state index in [9.17, 15) is 9.59 Å². The van der Waals surface area contributed by atoms with Crippen molar-refractivity contribution in [3.8, 4) is 0 Å². The second kappa shape index (κ2) is 7.76. The smallest absolute Gasteiger partial charge is 0.326 e. The van der Waals surface area contributed by atoms with Crippen LogP contribution in [-0.4, -0.2) is 35.1 Å². The number of rotatable bonds is 8. The van der Waals surface area contributed by atoms with E-state index < -0.39 is 17.9 Å². The van der Waals surface area contributed by atoms with Crippen LogP contribution in [0.5, 0.6) is 0 Å². The summed E-state index contributed by atoms with van der Waals surface area (Å²) < 4.78 is 4.96. The molecule has 6 nitrogen and oxygen atoms in total. The van der Waals surface area contributed by atoms with Crippen molar-refractivity contribution in [1.82, 2.24) is 10.3 Å². The van der Waals surface area contributed by atoms with Crippen LogP contribution in [0.15, 0.2) is 12.7 Å². The lowest BCUT2D eigenvalue weighted by molar-refractivity contribution is -0.139. The molecule has 2 N–H and O–H groups in total. The molecule has 0 aromatic carbocycles. The van der Waals surface area contributed by atoms with E-state index in [0.717, 1.165) is 0 Å². The number of ether oxygens (including phenoxy) is 1. The predicted molar refractivity (Wildman–Crippen MR) is 75.9 cm³/mol. The Balaban J connectivity index is 2.77. The monoisotopic (exact) mass is 298 g/mol. The van der Waals surface area contributed by atoms with Gasteiger partial charge in [0.1, 0.15) is 15.9 Å². The molecule has 1 heterocycles. The number of carboxylic acids is 1. The van der Waals surface area contributed by atoms with Gasteiger partial charge in [-0.2, -0.15) is 0 Å². The summed E-state index contributed by atoms with van der Waals surface area (Å²) in [6.07, 6.45) is 2.46. The maximum Gasteiger partial charge on any atom is 0.326 e. The molecule has 0 fully saturated rings. The van der Waals surface area contributed by atoms with E-state index in [4.69, 9.17) is 9.84 Å². The number of amides is 1. The fourth-order valence-electron chi connectivity index (χ4n) is 1.61. The topological polar surface area (TPSA) is 88.5 Å². The minimum absolute atomic E-state index is 0.313. The van der Waals surface area contributed by atoms with Crippen molar-refractivity contribution in [3.05, 3.63) is 28.2 Å². The number of aliphatic carboxylic acids is 1. The first kappa shape index (κ1) is 16.3. The van der Waals surface area contributed by atoms with E-state index in [1.807, 2.05) is 0 Å². The highest BCUT2D eigenvalue weighted by atomic mass is 32.1. The van der Waals surface area contributed by atoms with Gasteiger partial charge in [0.15, 0.2) is 0 Å². The third-order valence-electron chi connectivity index (χ3n) is 2.58. The van der Waals surface area contributed by atoms with Gasteiger partial charge in [-0.15, -0.1) is 17.9 Å². The van der Waals surface area contributed by atoms with Crippen LogP contribution in [0.1, 0.15) is 33.2 Å². The molecule has 0 aliphatic rings. The van der Waals surface area contributed by atoms with Crippen LogP contribution in [0.4, 0.5) is 0 Å². The number of thiazole rings is 1. The number of carboxylic acid groups (broad SMARTS) is 1. The van der Waals surface area contributed by atoms with Gasteiger partial charge in [0, 0.05) is 7.11 Å². The van der Waals surface area contributed by atoms with Crippen LogP contribution in [0.25, 0.3) is 0 Å². The van der Waals surface area contributed by atoms with Crippen LogP contribution in [-0.2, 0) is 16.1 Å². The van der Waals surface area contributed by atoms with Crippen molar-refractivity contribution in [2.24, 2.45) is 0 Å². The summed E-state index contributed by atoms with van der Waals surface area (Å²) in [6, 6.07) is -0.923. The molecule has 1 aromatic rings. The lowest BCUT2D eigenvalue weighted by Crippen LogP contribution is -2.40. The summed E-state index contributed by atoms with van der Waals surface area (Å²) in [4.78, 5) is 27.8. The second-order valence-electron chi connectivity index (χ2n) is 4.19. The van der Waals surface area contributed by atoms with E-state index in [1.165, 1.54) is 11.3 Å². The fourth-order valence-corrected chi connectivity index (χ4v) is 2.55. The van der Waals surface area contributed by atoms with Gasteiger partial charge < -0.3 is 15.2 Å². The molecule has 1 atom stereocenters. The normalized spacial score (nSPS) is 11.9. The molecule has 110 valence electrons. The van der Waals surface area contributed by atoms with Gasteiger partial charge in [-0.25, -0.2) is 9.78 Å². The molecule has 0 saturated carbocycles. The number of nitrogens with zero attached hydrogens (tertiary/aromatic N) is 1. The molecular weight excluding hydrogens is 280 g/mol. The summed E-state index contributed by atoms with van der Waals surface area (Å²) in [5.74, 6) is -1.47. The van der Waals surface area contributed by atoms with Crippen molar-refractivity contribution in [2.45, 2.75) is 32.4 Å². The van der Waals surface area contributed by atoms with Crippen molar-refractivity contribution in [3.63, 3.8) is 0 Å². The lowest BCUT2D eigenvalue weighted by Gasteiger charge is -2.12. The number of carbonyl (C=O) groups is 2. The first-order valence-corrected chi connectivity index (χ1v) is 6.91. The van der Waals surface area contributed by atoms with Crippen LogP contribution in [0, 0.1) is 6.92 Å². The van der Waals surface area contributed by atoms with E-state index in [1.54, 1.807) is 20.1 Å². The quantitative estimate of drug-likeness (QED) is 0.714. The van der Waals surface area contributed by atoms with Gasteiger partial charge in [-0.1, -0.05) is 6.08 Å². The highest BCUT2D eigenvalue weighted by Crippen LogP contribution is 2.19. The number of methoxy groups -OCH3 is 1. The van der Waals surface area contributed by atoms with E-state index in [2.05, 4.69) is 16.9 Å². The number of allylic oxidation sites excluding steroid dienone is 1. The predicted octanol–water partition coefficient (Wildman–Crippen LogP) is 1.75. The molecule has 0 bridgehead atoms. The number of hydrogen-bond acceptors (Lipinski definition) is 5. The molecule has 1 aromatic heterocycles. The van der Waals surface area contributed by atoms with Crippen LogP contribution >= 0.6 is 11.3 Å². The highest BCUT2D eigenvalue weighted by molar-refractivity contribution is 7.13. The number of aryl methyl sites for hydroxylation is 1. The van der Waals surface area contributed by atoms with Crippen LogP contribution in [0.2, 0.25) is 0 Å². The first-order chi connectivity index (χ1) is 9.49. The average molecular weight is 298 g/mol. The third-order valence-corrected chi connectivity index (χ3v) is 3.71. The molecule has 7 heteroatoms. The number of nitrogens with one attached hydrogen (secondary N) is 1. The molecule has 1 unspecified atom stereocenters. The Bertz CT molecular complexity index is 499. The maximum absolute atomic E-state index is 12.1. The second-order valence-corrected chi connectivity index (χ2v) is 5.27. The van der Waals surface area contributed by atoms with E-state index >= 15 is 0 Å². The van der Waals surface area contributed by atoms with Crippen molar-refractivity contribution in [1.29, 1.82) is 0 Å². The molecular formula is C13H18N2O4S. The highest BCUT2D eigenvalue weighted by Gasteiger charge is 2.22. The number of hydrogen-bond donors (Lipinski definition) is 2. The van der Waals surface area contributed by atoms with Crippen molar-refractivity contribution < 1.29 is 19.4 Å². The van der Waals surface area contributed by atoms with Gasteiger partial charge >= 0.3 is 5.97 Å². The van der Waals surface area contributed by atoms with Gasteiger partial charge in [0.25, 0.3) is 5.91 Å². The van der Waals surface area contributed by atoms with Crippen LogP contribution in [0.3, 0.4) is 0 Å². The largest absolute Gasteiger partial charge is 0.480 e. The molecule has 1 amide bonds. The maximum atomic E-state index is 12.1. The Labute approximate surface area is 121 Å². The summed E-state index contributed by atoms with van der Waals surface area (Å²) in [5.41, 5.74) is 0.576. The molecule has 0 spiro atoms. The Morgan fingerprint density at radius 2 is 2.30 bits per heavy atom. The zero-order chi connectivity index (χ0) is 15.1. The van der Waals surface area contributed by atoms with Gasteiger partial charge in [0.05, 0.1) is 12.3 Å². The molecule has 0 radical (unpaired) electrons. The Morgan fingerprint density at radius 3 is 2.85 bits per heavy atom. The minimum atomic E-state index is -1.06. The standard InChI is InChI=1S/C13H18N2O4S/c1-4-5-6-9(13(17)18)15-12(16)11-8(2)14-10(20-11)7-19-3/h4,9H,1,5-7H2,2-3H3,(H,15,16)(H,17,18). The fraction of sp³-hybridized carbons (Fsp3) is 0.462.